The van der Waals surface area contributed by atoms with Crippen molar-refractivity contribution < 1.29 is 34.2 Å². The van der Waals surface area contributed by atoms with Crippen molar-refractivity contribution in [1.29, 1.82) is 0 Å². The van der Waals surface area contributed by atoms with Crippen molar-refractivity contribution in [2.75, 3.05) is 13.2 Å². The fourth-order valence-corrected chi connectivity index (χ4v) is 4.60. The molecule has 13 N–H and O–H groups in total. The van der Waals surface area contributed by atoms with Gasteiger partial charge in [-0.25, -0.2) is 0 Å². The molecule has 18 nitrogen and oxygen atoms in total. The molecular weight excluding hydrogens is 614 g/mol. The Labute approximate surface area is 272 Å². The van der Waals surface area contributed by atoms with E-state index in [0.717, 1.165) is 0 Å². The van der Waals surface area contributed by atoms with Gasteiger partial charge in [-0.05, 0) is 68.7 Å². The molecule has 0 radical (unpaired) electrons. The molecule has 260 valence electrons. The number of aromatic hydroxyl groups is 1. The molecule has 5 amide bonds. The van der Waals surface area contributed by atoms with Gasteiger partial charge in [-0.2, -0.15) is 5.21 Å². The molecule has 0 spiro atoms. The van der Waals surface area contributed by atoms with E-state index in [1.807, 2.05) is 13.8 Å². The Kier molecular flexibility index (Phi) is 16.2. The van der Waals surface area contributed by atoms with Crippen molar-refractivity contribution in [2.24, 2.45) is 23.1 Å². The molecule has 2 rings (SSSR count). The van der Waals surface area contributed by atoms with Gasteiger partial charge in [0.1, 0.15) is 23.9 Å². The van der Waals surface area contributed by atoms with Gasteiger partial charge in [0.2, 0.25) is 29.5 Å². The van der Waals surface area contributed by atoms with Crippen LogP contribution in [0.15, 0.2) is 24.3 Å². The first-order valence-corrected chi connectivity index (χ1v) is 15.4. The minimum absolute atomic E-state index is 0.0409. The Balaban J connectivity index is 2.14. The first-order valence-electron chi connectivity index (χ1n) is 15.4. The molecule has 0 aliphatic rings. The number of benzene rings is 1. The maximum atomic E-state index is 13.4. The minimum Gasteiger partial charge on any atom is -0.508 e. The number of carbonyl (C=O) groups is 5. The van der Waals surface area contributed by atoms with Crippen LogP contribution in [0.25, 0.3) is 0 Å². The van der Waals surface area contributed by atoms with Crippen LogP contribution < -0.4 is 38.5 Å². The van der Waals surface area contributed by atoms with Gasteiger partial charge >= 0.3 is 0 Å². The number of aliphatic hydroxyl groups excluding tert-OH is 1. The molecule has 1 aromatic heterocycles. The van der Waals surface area contributed by atoms with E-state index in [0.29, 0.717) is 31.4 Å². The van der Waals surface area contributed by atoms with Crippen LogP contribution in [-0.2, 0) is 30.4 Å². The number of carbonyl (C=O) groups excluding carboxylic acids is 5. The zero-order valence-electron chi connectivity index (χ0n) is 26.6. The maximum absolute atomic E-state index is 13.4. The molecule has 0 aliphatic carbocycles. The van der Waals surface area contributed by atoms with Crippen LogP contribution in [0, 0.1) is 5.92 Å². The molecule has 47 heavy (non-hydrogen) atoms. The number of hydrogen-bond donors (Lipinski definition) is 10. The number of unbranched alkanes of at least 4 members (excludes halogenated alkanes) is 1. The lowest BCUT2D eigenvalue weighted by molar-refractivity contribution is -0.135. The fourth-order valence-electron chi connectivity index (χ4n) is 4.60. The van der Waals surface area contributed by atoms with Crippen LogP contribution in [0.1, 0.15) is 69.8 Å². The molecule has 18 heteroatoms. The van der Waals surface area contributed by atoms with E-state index >= 15 is 0 Å². The lowest BCUT2D eigenvalue weighted by Gasteiger charge is -2.26. The SMILES string of the molecule is CC(C)C[C@H](NC(=O)[C@H](CCCCN)NC(=O)[C@H](CO)NC(=O)[C@H](CCC(N)=O)NC(=O)[C@@H](N)Cc1ccc(O)cc1)c1nn[nH]n1. The number of phenolic OH excluding ortho intramolecular Hbond substituents is 1. The maximum Gasteiger partial charge on any atom is 0.245 e. The third-order valence-electron chi connectivity index (χ3n) is 7.13. The van der Waals surface area contributed by atoms with Crippen molar-refractivity contribution in [3.05, 3.63) is 35.7 Å². The monoisotopic (exact) mass is 661 g/mol. The zero-order chi connectivity index (χ0) is 34.9. The predicted octanol–water partition coefficient (Wildman–Crippen LogP) is -2.48. The normalized spacial score (nSPS) is 14.3. The van der Waals surface area contributed by atoms with E-state index < -0.39 is 66.4 Å². The van der Waals surface area contributed by atoms with Crippen molar-refractivity contribution in [1.82, 2.24) is 41.9 Å². The molecule has 1 heterocycles. The van der Waals surface area contributed by atoms with E-state index in [-0.39, 0.29) is 43.2 Å². The summed E-state index contributed by atoms with van der Waals surface area (Å²) < 4.78 is 0. The standard InChI is InChI=1S/C29H47N11O7/c1-16(2)13-22(25-37-39-40-38-25)35-27(45)20(5-3-4-12-30)34-29(47)23(15-41)36-28(46)21(10-11-24(32)43)33-26(44)19(31)14-17-6-8-18(42)9-7-17/h6-9,16,19-23,41-42H,3-5,10-15,30-31H2,1-2H3,(H2,32,43)(H,33,44)(H,34,47)(H,35,45)(H,36,46)(H,37,38,39,40)/t19-,20-,21-,22-,23-/m0/s1. The number of aromatic nitrogens is 4. The largest absolute Gasteiger partial charge is 0.508 e. The van der Waals surface area contributed by atoms with Crippen LogP contribution in [0.3, 0.4) is 0 Å². The average molecular weight is 662 g/mol. The van der Waals surface area contributed by atoms with Crippen LogP contribution in [0.5, 0.6) is 5.75 Å². The third kappa shape index (κ3) is 13.7. The molecule has 2 aromatic rings. The summed E-state index contributed by atoms with van der Waals surface area (Å²) in [5, 5.41) is 43.6. The number of aromatic amines is 1. The Morgan fingerprint density at radius 3 is 2.04 bits per heavy atom. The Bertz CT molecular complexity index is 1290. The molecule has 0 aliphatic heterocycles. The van der Waals surface area contributed by atoms with Crippen molar-refractivity contribution in [3.8, 4) is 5.75 Å². The highest BCUT2D eigenvalue weighted by atomic mass is 16.3. The molecule has 1 aromatic carbocycles. The summed E-state index contributed by atoms with van der Waals surface area (Å²) in [6.45, 7) is 3.44. The van der Waals surface area contributed by atoms with Gasteiger partial charge in [-0.3, -0.25) is 24.0 Å². The molecule has 0 saturated carbocycles. The molecule has 0 unspecified atom stereocenters. The topological polar surface area (TPSA) is 306 Å². The van der Waals surface area contributed by atoms with Gasteiger partial charge in [-0.1, -0.05) is 31.2 Å². The Morgan fingerprint density at radius 1 is 0.872 bits per heavy atom. The summed E-state index contributed by atoms with van der Waals surface area (Å²) in [5.74, 6) is -3.27. The summed E-state index contributed by atoms with van der Waals surface area (Å²) in [7, 11) is 0. The number of hydrogen-bond acceptors (Lipinski definition) is 12. The first kappa shape index (κ1) is 38.5. The minimum atomic E-state index is -1.52. The number of nitrogens with two attached hydrogens (primary N) is 3. The number of phenols is 1. The van der Waals surface area contributed by atoms with E-state index in [1.54, 1.807) is 12.1 Å². The van der Waals surface area contributed by atoms with Gasteiger partial charge in [0.05, 0.1) is 18.7 Å². The summed E-state index contributed by atoms with van der Waals surface area (Å²) in [5.41, 5.74) is 17.6. The Hall–Kier alpha value is -4.68. The van der Waals surface area contributed by atoms with E-state index in [2.05, 4.69) is 41.9 Å². The molecule has 0 fully saturated rings. The second-order valence-electron chi connectivity index (χ2n) is 11.6. The second kappa shape index (κ2) is 19.7. The van der Waals surface area contributed by atoms with E-state index in [4.69, 9.17) is 17.2 Å². The van der Waals surface area contributed by atoms with Crippen molar-refractivity contribution >= 4 is 29.5 Å². The van der Waals surface area contributed by atoms with Crippen LogP contribution in [-0.4, -0.2) is 97.7 Å². The lowest BCUT2D eigenvalue weighted by atomic mass is 10.0. The van der Waals surface area contributed by atoms with Gasteiger partial charge in [0, 0.05) is 6.42 Å². The number of aliphatic hydroxyl groups is 1. The zero-order valence-corrected chi connectivity index (χ0v) is 26.6. The van der Waals surface area contributed by atoms with Gasteiger partial charge < -0.3 is 48.7 Å². The predicted molar refractivity (Wildman–Crippen MR) is 169 cm³/mol. The van der Waals surface area contributed by atoms with Gasteiger partial charge in [0.25, 0.3) is 0 Å². The van der Waals surface area contributed by atoms with Crippen molar-refractivity contribution in [2.45, 2.75) is 89.0 Å². The number of primary amides is 1. The van der Waals surface area contributed by atoms with E-state index in [1.165, 1.54) is 12.1 Å². The van der Waals surface area contributed by atoms with Gasteiger partial charge in [-0.15, -0.1) is 10.2 Å². The van der Waals surface area contributed by atoms with E-state index in [9.17, 15) is 34.2 Å². The summed E-state index contributed by atoms with van der Waals surface area (Å²) in [4.78, 5) is 64.2. The quantitative estimate of drug-likeness (QED) is 0.0622. The van der Waals surface area contributed by atoms with Crippen LogP contribution >= 0.6 is 0 Å². The number of amides is 5. The second-order valence-corrected chi connectivity index (χ2v) is 11.6. The highest BCUT2D eigenvalue weighted by molar-refractivity contribution is 5.95. The highest BCUT2D eigenvalue weighted by Gasteiger charge is 2.31. The first-order chi connectivity index (χ1) is 22.3. The molecule has 0 bridgehead atoms. The number of nitrogens with zero attached hydrogens (tertiary/aromatic N) is 3. The van der Waals surface area contributed by atoms with Crippen molar-refractivity contribution in [3.63, 3.8) is 0 Å². The summed E-state index contributed by atoms with van der Waals surface area (Å²) >= 11 is 0. The smallest absolute Gasteiger partial charge is 0.245 e. The number of tetrazole rings is 1. The summed E-state index contributed by atoms with van der Waals surface area (Å²) in [6, 6.07) is 0.435. The molecule has 0 saturated heterocycles. The van der Waals surface area contributed by atoms with Crippen LogP contribution in [0.4, 0.5) is 0 Å². The Morgan fingerprint density at radius 2 is 1.47 bits per heavy atom. The third-order valence-corrected chi connectivity index (χ3v) is 7.13. The summed E-state index contributed by atoms with van der Waals surface area (Å²) in [6.07, 6.45) is 1.36. The van der Waals surface area contributed by atoms with Gasteiger partial charge in [0.15, 0.2) is 5.82 Å². The van der Waals surface area contributed by atoms with Crippen LogP contribution in [0.2, 0.25) is 0 Å². The number of H-pyrrole nitrogens is 1. The fraction of sp³-hybridized carbons (Fsp3) is 0.586. The number of nitrogens with one attached hydrogen (secondary N) is 5. The molecule has 5 atom stereocenters. The number of rotatable bonds is 21. The highest BCUT2D eigenvalue weighted by Crippen LogP contribution is 2.18. The average Bonchev–Trinajstić information content (AvgIpc) is 3.56. The molecular formula is C29H47N11O7. The lowest BCUT2D eigenvalue weighted by Crippen LogP contribution is -2.59.